The van der Waals surface area contributed by atoms with Gasteiger partial charge in [-0.05, 0) is 25.7 Å². The highest BCUT2D eigenvalue weighted by atomic mass is 16.5. The average molecular weight is 157 g/mol. The Hall–Kier alpha value is -0.530. The molecule has 65 valence electrons. The van der Waals surface area contributed by atoms with E-state index in [0.717, 1.165) is 12.8 Å². The molecule has 0 aliphatic carbocycles. The van der Waals surface area contributed by atoms with Gasteiger partial charge in [0.05, 0.1) is 6.61 Å². The molecular weight excluding hydrogens is 140 g/mol. The number of carbonyl (C=O) groups excluding carboxylic acids is 1. The minimum absolute atomic E-state index is 0.0752. The molecule has 0 aromatic carbocycles. The third kappa shape index (κ3) is 7.37. The maximum absolute atomic E-state index is 10.8. The van der Waals surface area contributed by atoms with Gasteiger partial charge in [-0.3, -0.25) is 4.79 Å². The number of carbonyl (C=O) groups is 1. The summed E-state index contributed by atoms with van der Waals surface area (Å²) in [6, 6.07) is 0. The molecule has 1 radical (unpaired) electrons. The van der Waals surface area contributed by atoms with Gasteiger partial charge in [0.15, 0.2) is 0 Å². The van der Waals surface area contributed by atoms with Crippen LogP contribution in [0, 0.1) is 5.92 Å². The van der Waals surface area contributed by atoms with E-state index < -0.39 is 0 Å². The van der Waals surface area contributed by atoms with E-state index in [2.05, 4.69) is 13.8 Å². The molecule has 0 atom stereocenters. The van der Waals surface area contributed by atoms with Crippen molar-refractivity contribution < 1.29 is 9.53 Å². The molecule has 0 aromatic heterocycles. The Kier molecular flexibility index (Phi) is 5.90. The van der Waals surface area contributed by atoms with E-state index in [1.165, 1.54) is 5.92 Å². The van der Waals surface area contributed by atoms with Crippen LogP contribution < -0.4 is 0 Å². The minimum atomic E-state index is -0.0752. The lowest BCUT2D eigenvalue weighted by Gasteiger charge is -2.03. The van der Waals surface area contributed by atoms with Gasteiger partial charge < -0.3 is 4.74 Å². The van der Waals surface area contributed by atoms with Gasteiger partial charge in [-0.25, -0.2) is 0 Å². The number of esters is 1. The maximum Gasteiger partial charge on any atom is 0.305 e. The third-order valence-corrected chi connectivity index (χ3v) is 1.36. The summed E-state index contributed by atoms with van der Waals surface area (Å²) in [4.78, 5) is 10.8. The fraction of sp³-hybridized carbons (Fsp3) is 0.778. The summed E-state index contributed by atoms with van der Waals surface area (Å²) in [7, 11) is 0. The first-order valence-electron chi connectivity index (χ1n) is 4.11. The molecule has 0 aliphatic rings. The van der Waals surface area contributed by atoms with Gasteiger partial charge in [0, 0.05) is 6.42 Å². The molecule has 0 unspecified atom stereocenters. The van der Waals surface area contributed by atoms with Crippen LogP contribution in [0.15, 0.2) is 0 Å². The lowest BCUT2D eigenvalue weighted by molar-refractivity contribution is -0.143. The quantitative estimate of drug-likeness (QED) is 0.572. The molecule has 0 saturated carbocycles. The van der Waals surface area contributed by atoms with Crippen LogP contribution in [-0.2, 0) is 9.53 Å². The van der Waals surface area contributed by atoms with Gasteiger partial charge in [0.1, 0.15) is 0 Å². The van der Waals surface area contributed by atoms with Crippen molar-refractivity contribution in [2.45, 2.75) is 40.0 Å². The first kappa shape index (κ1) is 10.5. The van der Waals surface area contributed by atoms with E-state index in [0.29, 0.717) is 13.0 Å². The maximum atomic E-state index is 10.8. The summed E-state index contributed by atoms with van der Waals surface area (Å²) in [5, 5.41) is 0. The van der Waals surface area contributed by atoms with Crippen molar-refractivity contribution in [1.82, 2.24) is 0 Å². The average Bonchev–Trinajstić information content (AvgIpc) is 1.87. The Balaban J connectivity index is 3.17. The van der Waals surface area contributed by atoms with Crippen LogP contribution in [0.25, 0.3) is 0 Å². The molecule has 0 saturated heterocycles. The molecule has 0 aromatic rings. The van der Waals surface area contributed by atoms with Crippen molar-refractivity contribution in [2.24, 2.45) is 0 Å². The van der Waals surface area contributed by atoms with Gasteiger partial charge in [-0.15, -0.1) is 0 Å². The zero-order valence-electron chi connectivity index (χ0n) is 7.64. The molecule has 0 aliphatic heterocycles. The number of hydrogen-bond acceptors (Lipinski definition) is 2. The fourth-order valence-electron chi connectivity index (χ4n) is 0.819. The zero-order valence-corrected chi connectivity index (χ0v) is 7.64. The smallest absolute Gasteiger partial charge is 0.305 e. The Bertz CT molecular complexity index is 108. The van der Waals surface area contributed by atoms with Gasteiger partial charge >= 0.3 is 5.97 Å². The molecule has 0 spiro atoms. The standard InChI is InChI=1S/C9H17O2/c1-4-11-9(10)7-5-6-8(2)3/h4-7H2,1-3H3. The van der Waals surface area contributed by atoms with Gasteiger partial charge in [-0.1, -0.05) is 13.8 Å². The van der Waals surface area contributed by atoms with Crippen LogP contribution in [0.5, 0.6) is 0 Å². The largest absolute Gasteiger partial charge is 0.466 e. The lowest BCUT2D eigenvalue weighted by atomic mass is 10.1. The second-order valence-electron chi connectivity index (χ2n) is 2.87. The SMILES string of the molecule is CCOC(=O)CCC[C](C)C. The summed E-state index contributed by atoms with van der Waals surface area (Å²) in [5.41, 5.74) is 0. The van der Waals surface area contributed by atoms with Crippen LogP contribution in [0.4, 0.5) is 0 Å². The zero-order chi connectivity index (χ0) is 8.69. The Morgan fingerprint density at radius 2 is 1.91 bits per heavy atom. The fourth-order valence-corrected chi connectivity index (χ4v) is 0.819. The highest BCUT2D eigenvalue weighted by Crippen LogP contribution is 2.08. The van der Waals surface area contributed by atoms with Crippen LogP contribution in [0.3, 0.4) is 0 Å². The molecule has 0 fully saturated rings. The Morgan fingerprint density at radius 1 is 1.27 bits per heavy atom. The van der Waals surface area contributed by atoms with Crippen molar-refractivity contribution in [3.8, 4) is 0 Å². The summed E-state index contributed by atoms with van der Waals surface area (Å²) in [6.45, 7) is 6.47. The van der Waals surface area contributed by atoms with Crippen molar-refractivity contribution in [1.29, 1.82) is 0 Å². The molecule has 0 amide bonds. The predicted molar refractivity (Wildman–Crippen MR) is 45.1 cm³/mol. The summed E-state index contributed by atoms with van der Waals surface area (Å²) >= 11 is 0. The summed E-state index contributed by atoms with van der Waals surface area (Å²) in [5.74, 6) is 1.29. The number of hydrogen-bond donors (Lipinski definition) is 0. The molecule has 0 heterocycles. The molecule has 0 rings (SSSR count). The molecular formula is C9H17O2. The van der Waals surface area contributed by atoms with Crippen LogP contribution in [-0.4, -0.2) is 12.6 Å². The number of rotatable bonds is 5. The van der Waals surface area contributed by atoms with Gasteiger partial charge in [-0.2, -0.15) is 0 Å². The second kappa shape index (κ2) is 6.20. The van der Waals surface area contributed by atoms with E-state index in [-0.39, 0.29) is 5.97 Å². The molecule has 2 nitrogen and oxygen atoms in total. The second-order valence-corrected chi connectivity index (χ2v) is 2.87. The van der Waals surface area contributed by atoms with E-state index in [1.54, 1.807) is 0 Å². The minimum Gasteiger partial charge on any atom is -0.466 e. The van der Waals surface area contributed by atoms with Crippen molar-refractivity contribution in [2.75, 3.05) is 6.61 Å². The molecule has 0 bridgehead atoms. The Morgan fingerprint density at radius 3 is 2.36 bits per heavy atom. The van der Waals surface area contributed by atoms with E-state index in [4.69, 9.17) is 4.74 Å². The Labute approximate surface area is 68.9 Å². The van der Waals surface area contributed by atoms with Crippen molar-refractivity contribution >= 4 is 5.97 Å². The topological polar surface area (TPSA) is 26.3 Å². The number of ether oxygens (including phenoxy) is 1. The van der Waals surface area contributed by atoms with E-state index in [9.17, 15) is 4.79 Å². The molecule has 0 N–H and O–H groups in total. The monoisotopic (exact) mass is 157 g/mol. The lowest BCUT2D eigenvalue weighted by Crippen LogP contribution is -2.03. The van der Waals surface area contributed by atoms with Crippen LogP contribution in [0.1, 0.15) is 40.0 Å². The molecule has 11 heavy (non-hydrogen) atoms. The van der Waals surface area contributed by atoms with Gasteiger partial charge in [0.25, 0.3) is 0 Å². The van der Waals surface area contributed by atoms with Crippen LogP contribution in [0.2, 0.25) is 0 Å². The predicted octanol–water partition coefficient (Wildman–Crippen LogP) is 2.33. The van der Waals surface area contributed by atoms with Crippen molar-refractivity contribution in [3.05, 3.63) is 5.92 Å². The van der Waals surface area contributed by atoms with Crippen LogP contribution >= 0.6 is 0 Å². The van der Waals surface area contributed by atoms with Gasteiger partial charge in [0.2, 0.25) is 0 Å². The summed E-state index contributed by atoms with van der Waals surface area (Å²) in [6.07, 6.45) is 2.50. The normalized spacial score (nSPS) is 10.2. The highest BCUT2D eigenvalue weighted by molar-refractivity contribution is 5.69. The van der Waals surface area contributed by atoms with E-state index in [1.807, 2.05) is 6.92 Å². The highest BCUT2D eigenvalue weighted by Gasteiger charge is 2.01. The summed E-state index contributed by atoms with van der Waals surface area (Å²) < 4.78 is 4.78. The first-order valence-corrected chi connectivity index (χ1v) is 4.11. The first-order chi connectivity index (χ1) is 5.16. The van der Waals surface area contributed by atoms with Crippen molar-refractivity contribution in [3.63, 3.8) is 0 Å². The third-order valence-electron chi connectivity index (χ3n) is 1.36. The molecule has 2 heteroatoms. The van der Waals surface area contributed by atoms with E-state index >= 15 is 0 Å².